The normalized spacial score (nSPS) is 12.3. The number of halogens is 7. The number of hydrogen-bond acceptors (Lipinski definition) is 4. The largest absolute Gasteiger partial charge is 0.416 e. The van der Waals surface area contributed by atoms with Crippen LogP contribution in [-0.4, -0.2) is 18.7 Å². The Hall–Kier alpha value is -1.21. The molecule has 0 aliphatic rings. The lowest BCUT2D eigenvalue weighted by molar-refractivity contribution is -0.137. The van der Waals surface area contributed by atoms with Crippen molar-refractivity contribution in [3.63, 3.8) is 0 Å². The van der Waals surface area contributed by atoms with Gasteiger partial charge in [0, 0.05) is 0 Å². The van der Waals surface area contributed by atoms with Crippen molar-refractivity contribution in [1.82, 2.24) is 14.8 Å². The van der Waals surface area contributed by atoms with E-state index in [1.807, 2.05) is 0 Å². The van der Waals surface area contributed by atoms with Gasteiger partial charge in [-0.15, -0.1) is 0 Å². The zero-order chi connectivity index (χ0) is 18.3. The fourth-order valence-electron chi connectivity index (χ4n) is 1.78. The average molecular weight is 420 g/mol. The third kappa shape index (κ3) is 4.25. The first kappa shape index (κ1) is 19.1. The topological polar surface area (TPSA) is 54.5 Å². The summed E-state index contributed by atoms with van der Waals surface area (Å²) in [6, 6.07) is 3.04. The second-order valence-electron chi connectivity index (χ2n) is 4.37. The van der Waals surface area contributed by atoms with Gasteiger partial charge >= 0.3 is 10.1 Å². The van der Waals surface area contributed by atoms with Crippen molar-refractivity contribution < 1.29 is 17.6 Å². The molecule has 2 aromatic heterocycles. The molecule has 2 aromatic rings. The third-order valence-corrected chi connectivity index (χ3v) is 4.29. The molecule has 128 valence electrons. The van der Waals surface area contributed by atoms with Crippen molar-refractivity contribution in [2.45, 2.75) is 21.9 Å². The number of thioether (sulfide) groups is 1. The molecule has 0 aromatic carbocycles. The predicted molar refractivity (Wildman–Crippen MR) is 82.2 cm³/mol. The van der Waals surface area contributed by atoms with Gasteiger partial charge in [-0.3, -0.25) is 0 Å². The van der Waals surface area contributed by atoms with Crippen LogP contribution in [0.15, 0.2) is 17.0 Å². The van der Waals surface area contributed by atoms with E-state index in [0.29, 0.717) is 12.1 Å². The number of pyridine rings is 1. The highest BCUT2D eigenvalue weighted by Crippen LogP contribution is 2.44. The molecule has 0 fully saturated rings. The monoisotopic (exact) mass is 418 g/mol. The lowest BCUT2D eigenvalue weighted by Gasteiger charge is -2.11. The molecule has 2 rings (SSSR count). The van der Waals surface area contributed by atoms with Crippen LogP contribution in [0.3, 0.4) is 0 Å². The first-order valence-electron chi connectivity index (χ1n) is 5.93. The molecule has 0 amide bonds. The first-order valence-corrected chi connectivity index (χ1v) is 7.88. The molecular weight excluding hydrogens is 415 g/mol. The van der Waals surface area contributed by atoms with E-state index >= 15 is 0 Å². The molecule has 0 saturated carbocycles. The van der Waals surface area contributed by atoms with Crippen LogP contribution >= 0.6 is 46.6 Å². The summed E-state index contributed by atoms with van der Waals surface area (Å²) < 4.78 is 50.3. The summed E-state index contributed by atoms with van der Waals surface area (Å²) in [6.07, 6.45) is -4.65. The van der Waals surface area contributed by atoms with Crippen molar-refractivity contribution in [2.24, 2.45) is 0 Å². The van der Waals surface area contributed by atoms with Gasteiger partial charge in [-0.25, -0.2) is 9.67 Å². The number of aromatic nitrogens is 3. The summed E-state index contributed by atoms with van der Waals surface area (Å²) >= 11 is 16.4. The fraction of sp³-hybridized carbons (Fsp3) is 0.250. The molecule has 0 N–H and O–H groups in total. The molecule has 12 heteroatoms. The van der Waals surface area contributed by atoms with Crippen molar-refractivity contribution in [3.8, 4) is 11.9 Å². The molecule has 0 bridgehead atoms. The van der Waals surface area contributed by atoms with Crippen LogP contribution in [0.5, 0.6) is 0 Å². The van der Waals surface area contributed by atoms with E-state index in [4.69, 9.17) is 40.1 Å². The second-order valence-corrected chi connectivity index (χ2v) is 7.61. The van der Waals surface area contributed by atoms with E-state index in [1.54, 1.807) is 6.07 Å². The summed E-state index contributed by atoms with van der Waals surface area (Å²) in [5.41, 5.74) is -1.19. The Morgan fingerprint density at radius 3 is 2.38 bits per heavy atom. The van der Waals surface area contributed by atoms with Crippen LogP contribution in [-0.2, 0) is 6.18 Å². The zero-order valence-corrected chi connectivity index (χ0v) is 14.6. The van der Waals surface area contributed by atoms with Crippen LogP contribution < -0.4 is 0 Å². The Balaban J connectivity index is 2.63. The summed E-state index contributed by atoms with van der Waals surface area (Å²) in [7, 11) is 0. The standard InChI is InChI=1S/C12H5Cl3F4N4S/c1-5-10(24-12(14,15)19)7(4-20)22-23(5)9-3-6(11(16,17)18)2-8(13)21-9/h2-3H,1H3. The Morgan fingerprint density at radius 2 is 1.88 bits per heavy atom. The molecule has 4 nitrogen and oxygen atoms in total. The van der Waals surface area contributed by atoms with Gasteiger partial charge in [0.2, 0.25) is 0 Å². The second kappa shape index (κ2) is 6.59. The quantitative estimate of drug-likeness (QED) is 0.294. The molecule has 0 saturated heterocycles. The number of nitrogens with zero attached hydrogens (tertiary/aromatic N) is 4. The number of hydrogen-bond donors (Lipinski definition) is 0. The summed E-state index contributed by atoms with van der Waals surface area (Å²) in [6.45, 7) is 1.39. The maximum atomic E-state index is 13.4. The molecule has 0 spiro atoms. The number of alkyl halides is 6. The van der Waals surface area contributed by atoms with Gasteiger partial charge in [0.25, 0.3) is 0 Å². The van der Waals surface area contributed by atoms with Crippen LogP contribution in [0.1, 0.15) is 17.0 Å². The minimum absolute atomic E-state index is 0.0275. The average Bonchev–Trinajstić information content (AvgIpc) is 2.72. The van der Waals surface area contributed by atoms with Crippen LogP contribution in [0.4, 0.5) is 17.6 Å². The van der Waals surface area contributed by atoms with Crippen molar-refractivity contribution in [1.29, 1.82) is 5.26 Å². The van der Waals surface area contributed by atoms with Crippen LogP contribution in [0.25, 0.3) is 5.82 Å². The zero-order valence-electron chi connectivity index (χ0n) is 11.5. The van der Waals surface area contributed by atoms with E-state index in [-0.39, 0.29) is 33.9 Å². The Labute approximate surface area is 152 Å². The van der Waals surface area contributed by atoms with Crippen LogP contribution in [0.2, 0.25) is 5.15 Å². The Kier molecular flexibility index (Phi) is 5.25. The van der Waals surface area contributed by atoms with Gasteiger partial charge in [0.05, 0.1) is 16.2 Å². The van der Waals surface area contributed by atoms with Gasteiger partial charge < -0.3 is 0 Å². The van der Waals surface area contributed by atoms with E-state index < -0.39 is 20.8 Å². The van der Waals surface area contributed by atoms with Gasteiger partial charge in [-0.05, 0) is 30.8 Å². The van der Waals surface area contributed by atoms with Gasteiger partial charge in [-0.2, -0.15) is 27.9 Å². The van der Waals surface area contributed by atoms with Gasteiger partial charge in [0.15, 0.2) is 11.5 Å². The lowest BCUT2D eigenvalue weighted by Crippen LogP contribution is -2.09. The first-order chi connectivity index (χ1) is 10.9. The van der Waals surface area contributed by atoms with E-state index in [2.05, 4.69) is 10.1 Å². The van der Waals surface area contributed by atoms with E-state index in [9.17, 15) is 17.6 Å². The molecular formula is C12H5Cl3F4N4S. The number of nitriles is 1. The van der Waals surface area contributed by atoms with Crippen molar-refractivity contribution >= 4 is 46.6 Å². The SMILES string of the molecule is Cc1c(SC(F)(Cl)Cl)c(C#N)nn1-c1cc(C(F)(F)F)cc(Cl)n1. The minimum atomic E-state index is -4.65. The molecule has 0 aliphatic heterocycles. The Morgan fingerprint density at radius 1 is 1.25 bits per heavy atom. The molecule has 0 atom stereocenters. The Bertz CT molecular complexity index is 823. The summed E-state index contributed by atoms with van der Waals surface area (Å²) in [5, 5.41) is 12.5. The van der Waals surface area contributed by atoms with Gasteiger partial charge in [-0.1, -0.05) is 34.8 Å². The molecule has 0 radical (unpaired) electrons. The van der Waals surface area contributed by atoms with Crippen molar-refractivity contribution in [3.05, 3.63) is 34.2 Å². The lowest BCUT2D eigenvalue weighted by atomic mass is 10.2. The molecule has 2 heterocycles. The maximum absolute atomic E-state index is 13.4. The highest BCUT2D eigenvalue weighted by atomic mass is 35.5. The third-order valence-electron chi connectivity index (χ3n) is 2.71. The van der Waals surface area contributed by atoms with Crippen LogP contribution in [0, 0.1) is 18.3 Å². The smallest absolute Gasteiger partial charge is 0.217 e. The predicted octanol–water partition coefficient (Wildman–Crippen LogP) is 5.27. The summed E-state index contributed by atoms with van der Waals surface area (Å²) in [5.74, 6) is -0.288. The van der Waals surface area contributed by atoms with E-state index in [1.165, 1.54) is 6.92 Å². The highest BCUT2D eigenvalue weighted by molar-refractivity contribution is 8.03. The number of rotatable bonds is 3. The fourth-order valence-corrected chi connectivity index (χ4v) is 3.09. The summed E-state index contributed by atoms with van der Waals surface area (Å²) in [4.78, 5) is 3.72. The van der Waals surface area contributed by atoms with E-state index in [0.717, 1.165) is 4.68 Å². The maximum Gasteiger partial charge on any atom is 0.416 e. The van der Waals surface area contributed by atoms with Crippen molar-refractivity contribution in [2.75, 3.05) is 0 Å². The highest BCUT2D eigenvalue weighted by Gasteiger charge is 2.33. The minimum Gasteiger partial charge on any atom is -0.217 e. The molecule has 0 aliphatic carbocycles. The molecule has 24 heavy (non-hydrogen) atoms. The molecule has 0 unspecified atom stereocenters. The van der Waals surface area contributed by atoms with Gasteiger partial charge in [0.1, 0.15) is 11.2 Å².